The molecular formula is C23H25ClN2O6S. The zero-order valence-electron chi connectivity index (χ0n) is 18.5. The number of methoxy groups -OCH3 is 2. The quantitative estimate of drug-likeness (QED) is 0.253. The summed E-state index contributed by atoms with van der Waals surface area (Å²) in [7, 11) is 3.25. The Kier molecular flexibility index (Phi) is 10.1. The molecule has 0 spiro atoms. The minimum Gasteiger partial charge on any atom is -0.497 e. The van der Waals surface area contributed by atoms with Crippen LogP contribution in [0.1, 0.15) is 6.92 Å². The van der Waals surface area contributed by atoms with Crippen LogP contribution in [0.15, 0.2) is 53.7 Å². The van der Waals surface area contributed by atoms with Gasteiger partial charge in [0.25, 0.3) is 0 Å². The van der Waals surface area contributed by atoms with E-state index in [1.165, 1.54) is 18.7 Å². The number of esters is 2. The molecule has 1 aromatic heterocycles. The first-order valence-electron chi connectivity index (χ1n) is 9.80. The van der Waals surface area contributed by atoms with Crippen LogP contribution in [0.25, 0.3) is 22.5 Å². The van der Waals surface area contributed by atoms with Crippen molar-refractivity contribution in [3.63, 3.8) is 0 Å². The summed E-state index contributed by atoms with van der Waals surface area (Å²) in [5.74, 6) is 0.913. The van der Waals surface area contributed by atoms with E-state index < -0.39 is 11.9 Å². The lowest BCUT2D eigenvalue weighted by molar-refractivity contribution is -0.157. The van der Waals surface area contributed by atoms with Gasteiger partial charge in [0, 0.05) is 23.8 Å². The second-order valence-corrected chi connectivity index (χ2v) is 7.66. The number of ether oxygens (including phenoxy) is 4. The fourth-order valence-corrected chi connectivity index (χ4v) is 3.53. The van der Waals surface area contributed by atoms with Crippen molar-refractivity contribution in [1.29, 1.82) is 0 Å². The van der Waals surface area contributed by atoms with Crippen LogP contribution in [0.2, 0.25) is 0 Å². The van der Waals surface area contributed by atoms with Gasteiger partial charge in [-0.05, 0) is 48.5 Å². The first-order chi connectivity index (χ1) is 15.5. The predicted octanol–water partition coefficient (Wildman–Crippen LogP) is 4.38. The Bertz CT molecular complexity index is 989. The molecule has 0 saturated carbocycles. The number of imidazole rings is 1. The molecular weight excluding hydrogens is 468 g/mol. The standard InChI is InChI=1S/C23H24N2O6S.ClH/c1-15(26)31-14-20(27)30-12-13-32-23-24-21(16-4-8-18(28-2)9-5-16)22(25-23)17-6-10-19(29-3)11-7-17;/h4-11H,12-14H2,1-3H3,(H,24,25);1H. The van der Waals surface area contributed by atoms with Crippen molar-refractivity contribution in [2.24, 2.45) is 0 Å². The third kappa shape index (κ3) is 7.44. The van der Waals surface area contributed by atoms with Gasteiger partial charge in [-0.15, -0.1) is 12.4 Å². The van der Waals surface area contributed by atoms with Crippen molar-refractivity contribution in [2.75, 3.05) is 33.2 Å². The van der Waals surface area contributed by atoms with Gasteiger partial charge in [0.2, 0.25) is 0 Å². The van der Waals surface area contributed by atoms with E-state index >= 15 is 0 Å². The summed E-state index contributed by atoms with van der Waals surface area (Å²) in [5.41, 5.74) is 3.57. The monoisotopic (exact) mass is 492 g/mol. The number of halogens is 1. The Labute approximate surface area is 202 Å². The number of nitrogens with zero attached hydrogens (tertiary/aromatic N) is 1. The van der Waals surface area contributed by atoms with Crippen molar-refractivity contribution in [3.05, 3.63) is 48.5 Å². The molecule has 0 atom stereocenters. The molecule has 0 radical (unpaired) electrons. The molecule has 176 valence electrons. The number of hydrogen-bond donors (Lipinski definition) is 1. The van der Waals surface area contributed by atoms with E-state index in [2.05, 4.69) is 9.72 Å². The maximum atomic E-state index is 11.5. The lowest BCUT2D eigenvalue weighted by Gasteiger charge is -2.06. The fraction of sp³-hybridized carbons (Fsp3) is 0.261. The van der Waals surface area contributed by atoms with Crippen LogP contribution in [0.3, 0.4) is 0 Å². The van der Waals surface area contributed by atoms with Crippen LogP contribution in [-0.2, 0) is 19.1 Å². The molecule has 1 heterocycles. The number of carbonyl (C=O) groups excluding carboxylic acids is 2. The average molecular weight is 493 g/mol. The van der Waals surface area contributed by atoms with Crippen molar-refractivity contribution < 1.29 is 28.5 Å². The van der Waals surface area contributed by atoms with E-state index in [9.17, 15) is 9.59 Å². The molecule has 0 bridgehead atoms. The highest BCUT2D eigenvalue weighted by Crippen LogP contribution is 2.34. The molecule has 3 rings (SSSR count). The number of aromatic nitrogens is 2. The van der Waals surface area contributed by atoms with Crippen LogP contribution in [-0.4, -0.2) is 55.1 Å². The predicted molar refractivity (Wildman–Crippen MR) is 128 cm³/mol. The minimum absolute atomic E-state index is 0. The Hall–Kier alpha value is -3.17. The van der Waals surface area contributed by atoms with Gasteiger partial charge in [-0.1, -0.05) is 11.8 Å². The highest BCUT2D eigenvalue weighted by atomic mass is 35.5. The van der Waals surface area contributed by atoms with E-state index in [4.69, 9.17) is 19.2 Å². The summed E-state index contributed by atoms with van der Waals surface area (Å²) in [6.07, 6.45) is 0. The Morgan fingerprint density at radius 3 is 2.03 bits per heavy atom. The van der Waals surface area contributed by atoms with Crippen LogP contribution in [0.4, 0.5) is 0 Å². The number of carbonyl (C=O) groups is 2. The van der Waals surface area contributed by atoms with Crippen molar-refractivity contribution >= 4 is 36.1 Å². The molecule has 0 amide bonds. The maximum Gasteiger partial charge on any atom is 0.344 e. The topological polar surface area (TPSA) is 99.7 Å². The maximum absolute atomic E-state index is 11.5. The van der Waals surface area contributed by atoms with Gasteiger partial charge >= 0.3 is 11.9 Å². The van der Waals surface area contributed by atoms with Crippen molar-refractivity contribution in [3.8, 4) is 34.0 Å². The molecule has 1 N–H and O–H groups in total. The number of aromatic amines is 1. The normalized spacial score (nSPS) is 10.2. The highest BCUT2D eigenvalue weighted by Gasteiger charge is 2.15. The van der Waals surface area contributed by atoms with Gasteiger partial charge in [-0.3, -0.25) is 4.79 Å². The van der Waals surface area contributed by atoms with E-state index in [1.807, 2.05) is 48.5 Å². The van der Waals surface area contributed by atoms with Gasteiger partial charge in [0.1, 0.15) is 18.1 Å². The fourth-order valence-electron chi connectivity index (χ4n) is 2.84. The number of rotatable bonds is 10. The van der Waals surface area contributed by atoms with E-state index in [0.717, 1.165) is 34.0 Å². The second kappa shape index (κ2) is 12.8. The number of hydrogen-bond acceptors (Lipinski definition) is 8. The molecule has 0 aliphatic rings. The first kappa shape index (κ1) is 26.1. The van der Waals surface area contributed by atoms with Crippen LogP contribution < -0.4 is 9.47 Å². The summed E-state index contributed by atoms with van der Waals surface area (Å²) in [5, 5.41) is 0.692. The zero-order valence-corrected chi connectivity index (χ0v) is 20.1. The molecule has 0 aliphatic heterocycles. The van der Waals surface area contributed by atoms with Crippen LogP contribution in [0, 0.1) is 0 Å². The Morgan fingerprint density at radius 1 is 0.909 bits per heavy atom. The van der Waals surface area contributed by atoms with Crippen LogP contribution in [0.5, 0.6) is 11.5 Å². The summed E-state index contributed by atoms with van der Waals surface area (Å²) in [4.78, 5) is 30.4. The van der Waals surface area contributed by atoms with Gasteiger partial charge in [0.15, 0.2) is 11.8 Å². The van der Waals surface area contributed by atoms with Crippen molar-refractivity contribution in [1.82, 2.24) is 9.97 Å². The second-order valence-electron chi connectivity index (χ2n) is 6.57. The number of nitrogens with one attached hydrogen (secondary N) is 1. The first-order valence-corrected chi connectivity index (χ1v) is 10.8. The molecule has 3 aromatic rings. The molecule has 0 saturated heterocycles. The van der Waals surface area contributed by atoms with Gasteiger partial charge in [-0.25, -0.2) is 9.78 Å². The molecule has 0 unspecified atom stereocenters. The summed E-state index contributed by atoms with van der Waals surface area (Å²) < 4.78 is 20.2. The number of H-pyrrole nitrogens is 1. The third-order valence-corrected chi connectivity index (χ3v) is 5.24. The Balaban J connectivity index is 0.00000385. The molecule has 33 heavy (non-hydrogen) atoms. The lowest BCUT2D eigenvalue weighted by Crippen LogP contribution is -2.16. The van der Waals surface area contributed by atoms with Gasteiger partial charge in [-0.2, -0.15) is 0 Å². The summed E-state index contributed by atoms with van der Waals surface area (Å²) >= 11 is 1.43. The molecule has 8 nitrogen and oxygen atoms in total. The molecule has 0 aliphatic carbocycles. The minimum atomic E-state index is -0.585. The number of thioether (sulfide) groups is 1. The molecule has 0 fully saturated rings. The summed E-state index contributed by atoms with van der Waals surface area (Å²) in [6.45, 7) is 1.02. The number of benzene rings is 2. The zero-order chi connectivity index (χ0) is 22.9. The molecule has 10 heteroatoms. The largest absolute Gasteiger partial charge is 0.497 e. The lowest BCUT2D eigenvalue weighted by atomic mass is 10.0. The third-order valence-electron chi connectivity index (χ3n) is 4.40. The van der Waals surface area contributed by atoms with Gasteiger partial charge in [0.05, 0.1) is 25.6 Å². The van der Waals surface area contributed by atoms with E-state index in [-0.39, 0.29) is 25.6 Å². The summed E-state index contributed by atoms with van der Waals surface area (Å²) in [6, 6.07) is 15.4. The van der Waals surface area contributed by atoms with E-state index in [1.54, 1.807) is 14.2 Å². The average Bonchev–Trinajstić information content (AvgIpc) is 3.24. The van der Waals surface area contributed by atoms with Gasteiger partial charge < -0.3 is 23.9 Å². The van der Waals surface area contributed by atoms with Crippen LogP contribution >= 0.6 is 24.2 Å². The highest BCUT2D eigenvalue weighted by molar-refractivity contribution is 7.99. The SMILES string of the molecule is COc1ccc(-c2nc(SCCOC(=O)COC(C)=O)[nH]c2-c2ccc(OC)cc2)cc1.Cl. The molecule has 2 aromatic carbocycles. The Morgan fingerprint density at radius 2 is 1.48 bits per heavy atom. The van der Waals surface area contributed by atoms with Crippen molar-refractivity contribution in [2.45, 2.75) is 12.1 Å². The van der Waals surface area contributed by atoms with E-state index in [0.29, 0.717) is 10.9 Å². The smallest absolute Gasteiger partial charge is 0.344 e.